The number of hydrogen-bond donors (Lipinski definition) is 1. The maximum absolute atomic E-state index is 5.77. The SMILES string of the molecule is CCCNC(COCCC)c1cc2c(s1)CCSC2. The molecule has 1 aliphatic heterocycles. The van der Waals surface area contributed by atoms with Gasteiger partial charge in [-0.3, -0.25) is 0 Å². The van der Waals surface area contributed by atoms with Crippen LogP contribution in [0.1, 0.15) is 48.0 Å². The molecular weight excluding hydrogens is 274 g/mol. The van der Waals surface area contributed by atoms with Gasteiger partial charge in [0.1, 0.15) is 0 Å². The van der Waals surface area contributed by atoms with E-state index in [1.54, 1.807) is 10.4 Å². The Kier molecular flexibility index (Phi) is 6.71. The van der Waals surface area contributed by atoms with E-state index in [0.29, 0.717) is 6.04 Å². The van der Waals surface area contributed by atoms with Crippen molar-refractivity contribution in [2.45, 2.75) is 44.9 Å². The zero-order valence-corrected chi connectivity index (χ0v) is 13.7. The molecule has 19 heavy (non-hydrogen) atoms. The van der Waals surface area contributed by atoms with Gasteiger partial charge in [0, 0.05) is 22.1 Å². The molecule has 0 fully saturated rings. The Morgan fingerprint density at radius 1 is 1.37 bits per heavy atom. The number of thioether (sulfide) groups is 1. The van der Waals surface area contributed by atoms with Crippen molar-refractivity contribution in [3.63, 3.8) is 0 Å². The van der Waals surface area contributed by atoms with Gasteiger partial charge in [-0.25, -0.2) is 0 Å². The third-order valence-corrected chi connectivity index (χ3v) is 5.62. The van der Waals surface area contributed by atoms with E-state index in [4.69, 9.17) is 4.74 Å². The molecule has 0 radical (unpaired) electrons. The van der Waals surface area contributed by atoms with E-state index < -0.39 is 0 Å². The van der Waals surface area contributed by atoms with Crippen molar-refractivity contribution in [2.75, 3.05) is 25.5 Å². The molecule has 1 aliphatic rings. The zero-order valence-electron chi connectivity index (χ0n) is 12.0. The van der Waals surface area contributed by atoms with Crippen LogP contribution in [0.25, 0.3) is 0 Å². The van der Waals surface area contributed by atoms with E-state index in [0.717, 1.165) is 26.2 Å². The first-order chi connectivity index (χ1) is 9.35. The van der Waals surface area contributed by atoms with E-state index in [2.05, 4.69) is 37.0 Å². The number of rotatable bonds is 8. The van der Waals surface area contributed by atoms with Gasteiger partial charge in [-0.05, 0) is 43.2 Å². The van der Waals surface area contributed by atoms with Crippen molar-refractivity contribution < 1.29 is 4.74 Å². The quantitative estimate of drug-likeness (QED) is 0.733. The molecule has 1 unspecified atom stereocenters. The fraction of sp³-hybridized carbons (Fsp3) is 0.733. The van der Waals surface area contributed by atoms with E-state index in [1.165, 1.54) is 29.2 Å². The Balaban J connectivity index is 2.01. The van der Waals surface area contributed by atoms with Crippen LogP contribution in [0.15, 0.2) is 6.07 Å². The monoisotopic (exact) mass is 299 g/mol. The van der Waals surface area contributed by atoms with Crippen molar-refractivity contribution >= 4 is 23.1 Å². The third-order valence-electron chi connectivity index (χ3n) is 3.26. The van der Waals surface area contributed by atoms with Crippen molar-refractivity contribution in [3.8, 4) is 0 Å². The largest absolute Gasteiger partial charge is 0.379 e. The second kappa shape index (κ2) is 8.30. The first-order valence-corrected chi connectivity index (χ1v) is 9.32. The van der Waals surface area contributed by atoms with Gasteiger partial charge in [0.05, 0.1) is 12.6 Å². The summed E-state index contributed by atoms with van der Waals surface area (Å²) in [6.07, 6.45) is 3.52. The van der Waals surface area contributed by atoms with E-state index in [1.807, 2.05) is 11.3 Å². The van der Waals surface area contributed by atoms with Crippen LogP contribution in [0.4, 0.5) is 0 Å². The average molecular weight is 300 g/mol. The van der Waals surface area contributed by atoms with Gasteiger partial charge < -0.3 is 10.1 Å². The van der Waals surface area contributed by atoms with Crippen LogP contribution in [0.2, 0.25) is 0 Å². The standard InChI is InChI=1S/C15H25NOS2/c1-3-6-16-13(10-17-7-4-2)15-9-12-11-18-8-5-14(12)19-15/h9,13,16H,3-8,10-11H2,1-2H3. The van der Waals surface area contributed by atoms with E-state index in [9.17, 15) is 0 Å². The van der Waals surface area contributed by atoms with Crippen LogP contribution in [0.3, 0.4) is 0 Å². The van der Waals surface area contributed by atoms with Crippen LogP contribution >= 0.6 is 23.1 Å². The predicted octanol–water partition coefficient (Wildman–Crippen LogP) is 4.00. The minimum atomic E-state index is 0.382. The predicted molar refractivity (Wildman–Crippen MR) is 86.3 cm³/mol. The molecular formula is C15H25NOS2. The van der Waals surface area contributed by atoms with Gasteiger partial charge in [-0.2, -0.15) is 11.8 Å². The molecule has 2 nitrogen and oxygen atoms in total. The summed E-state index contributed by atoms with van der Waals surface area (Å²) >= 11 is 4.05. The lowest BCUT2D eigenvalue weighted by Gasteiger charge is -2.17. The molecule has 1 aromatic heterocycles. The van der Waals surface area contributed by atoms with Crippen molar-refractivity contribution in [3.05, 3.63) is 21.4 Å². The highest BCUT2D eigenvalue weighted by Gasteiger charge is 2.19. The Bertz CT molecular complexity index is 355. The van der Waals surface area contributed by atoms with Crippen molar-refractivity contribution in [1.82, 2.24) is 5.32 Å². The number of thiophene rings is 1. The minimum Gasteiger partial charge on any atom is -0.379 e. The molecule has 1 aromatic rings. The first-order valence-electron chi connectivity index (χ1n) is 7.35. The lowest BCUT2D eigenvalue weighted by Crippen LogP contribution is -2.25. The van der Waals surface area contributed by atoms with Crippen molar-refractivity contribution in [1.29, 1.82) is 0 Å². The maximum Gasteiger partial charge on any atom is 0.0669 e. The van der Waals surface area contributed by atoms with Crippen LogP contribution in [0.5, 0.6) is 0 Å². The highest BCUT2D eigenvalue weighted by molar-refractivity contribution is 7.98. The van der Waals surface area contributed by atoms with Gasteiger partial charge in [0.15, 0.2) is 0 Å². The smallest absolute Gasteiger partial charge is 0.0669 e. The molecule has 0 aliphatic carbocycles. The van der Waals surface area contributed by atoms with E-state index >= 15 is 0 Å². The maximum atomic E-state index is 5.77. The van der Waals surface area contributed by atoms with Gasteiger partial charge in [0.25, 0.3) is 0 Å². The minimum absolute atomic E-state index is 0.382. The highest BCUT2D eigenvalue weighted by Crippen LogP contribution is 2.34. The molecule has 0 amide bonds. The molecule has 4 heteroatoms. The molecule has 0 spiro atoms. The highest BCUT2D eigenvalue weighted by atomic mass is 32.2. The number of aryl methyl sites for hydroxylation is 1. The molecule has 0 aromatic carbocycles. The Morgan fingerprint density at radius 2 is 2.26 bits per heavy atom. The summed E-state index contributed by atoms with van der Waals surface area (Å²) in [5, 5.41) is 3.63. The fourth-order valence-corrected chi connectivity index (χ4v) is 4.68. The molecule has 0 saturated heterocycles. The summed E-state index contributed by atoms with van der Waals surface area (Å²) in [6, 6.07) is 2.79. The number of hydrogen-bond acceptors (Lipinski definition) is 4. The summed E-state index contributed by atoms with van der Waals surface area (Å²) in [5.41, 5.74) is 1.56. The van der Waals surface area contributed by atoms with Gasteiger partial charge >= 0.3 is 0 Å². The Hall–Kier alpha value is -0.0300. The zero-order chi connectivity index (χ0) is 13.5. The summed E-state index contributed by atoms with van der Waals surface area (Å²) < 4.78 is 5.77. The van der Waals surface area contributed by atoms with Crippen LogP contribution in [0, 0.1) is 0 Å². The van der Waals surface area contributed by atoms with E-state index in [-0.39, 0.29) is 0 Å². The topological polar surface area (TPSA) is 21.3 Å². The lowest BCUT2D eigenvalue weighted by atomic mass is 10.2. The molecule has 0 bridgehead atoms. The average Bonchev–Trinajstić information content (AvgIpc) is 2.86. The second-order valence-corrected chi connectivity index (χ2v) is 7.25. The van der Waals surface area contributed by atoms with Crippen LogP contribution in [-0.2, 0) is 16.9 Å². The fourth-order valence-electron chi connectivity index (χ4n) is 2.25. The van der Waals surface area contributed by atoms with Gasteiger partial charge in [0.2, 0.25) is 0 Å². The lowest BCUT2D eigenvalue weighted by molar-refractivity contribution is 0.113. The molecule has 0 saturated carbocycles. The summed E-state index contributed by atoms with van der Waals surface area (Å²) in [4.78, 5) is 3.07. The van der Waals surface area contributed by atoms with Crippen LogP contribution < -0.4 is 5.32 Å². The Morgan fingerprint density at radius 3 is 3.00 bits per heavy atom. The molecule has 1 atom stereocenters. The third kappa shape index (κ3) is 4.48. The normalized spacial score (nSPS) is 16.3. The van der Waals surface area contributed by atoms with Gasteiger partial charge in [-0.15, -0.1) is 11.3 Å². The summed E-state index contributed by atoms with van der Waals surface area (Å²) in [5.74, 6) is 2.48. The summed E-state index contributed by atoms with van der Waals surface area (Å²) in [7, 11) is 0. The Labute approximate surface area is 125 Å². The summed E-state index contributed by atoms with van der Waals surface area (Å²) in [6.45, 7) is 7.12. The second-order valence-electron chi connectivity index (χ2n) is 4.98. The van der Waals surface area contributed by atoms with Crippen LogP contribution in [-0.4, -0.2) is 25.5 Å². The molecule has 108 valence electrons. The van der Waals surface area contributed by atoms with Gasteiger partial charge in [-0.1, -0.05) is 13.8 Å². The number of fused-ring (bicyclic) bond motifs is 1. The first kappa shape index (κ1) is 15.4. The number of nitrogens with one attached hydrogen (secondary N) is 1. The number of ether oxygens (including phenoxy) is 1. The van der Waals surface area contributed by atoms with Crippen molar-refractivity contribution in [2.24, 2.45) is 0 Å². The molecule has 2 heterocycles. The molecule has 2 rings (SSSR count). The molecule has 1 N–H and O–H groups in total.